The van der Waals surface area contributed by atoms with Gasteiger partial charge in [0.2, 0.25) is 15.9 Å². The first kappa shape index (κ1) is 22.5. The molecule has 1 N–H and O–H groups in total. The third-order valence-electron chi connectivity index (χ3n) is 5.57. The number of hydrogen-bond donors (Lipinski definition) is 1. The van der Waals surface area contributed by atoms with E-state index < -0.39 is 16.1 Å². The van der Waals surface area contributed by atoms with Crippen molar-refractivity contribution in [3.8, 4) is 0 Å². The number of sulfonamides is 1. The average molecular weight is 430 g/mol. The third-order valence-corrected chi connectivity index (χ3v) is 7.34. The maximum atomic E-state index is 13.3. The molecule has 1 heterocycles. The summed E-state index contributed by atoms with van der Waals surface area (Å²) in [5, 5.41) is 0. The molecule has 0 unspecified atom stereocenters. The number of likely N-dealkylation sites (N-methyl/N-ethyl adjacent to an activating group) is 1. The van der Waals surface area contributed by atoms with Crippen molar-refractivity contribution < 1.29 is 13.2 Å². The minimum absolute atomic E-state index is 0.169. The highest BCUT2D eigenvalue weighted by Gasteiger charge is 2.32. The van der Waals surface area contributed by atoms with Gasteiger partial charge < -0.3 is 9.80 Å². The fourth-order valence-electron chi connectivity index (χ4n) is 4.11. The van der Waals surface area contributed by atoms with E-state index in [-0.39, 0.29) is 10.8 Å². The van der Waals surface area contributed by atoms with Crippen molar-refractivity contribution in [2.45, 2.75) is 38.1 Å². The van der Waals surface area contributed by atoms with Crippen LogP contribution in [-0.2, 0) is 21.2 Å². The fraction of sp³-hybridized carbons (Fsp3) is 0.435. The first-order valence-corrected chi connectivity index (χ1v) is 11.8. The molecule has 6 nitrogen and oxygen atoms in total. The minimum Gasteiger partial charge on any atom is -0.339 e. The lowest BCUT2D eigenvalue weighted by molar-refractivity contribution is -0.134. The summed E-state index contributed by atoms with van der Waals surface area (Å²) in [6.07, 6.45) is 0.315. The Balaban J connectivity index is 1.91. The van der Waals surface area contributed by atoms with Gasteiger partial charge in [-0.25, -0.2) is 8.42 Å². The van der Waals surface area contributed by atoms with Gasteiger partial charge in [0.15, 0.2) is 0 Å². The summed E-state index contributed by atoms with van der Waals surface area (Å²) in [7, 11) is -1.84. The standard InChI is InChI=1S/C23H31N3O3S/c1-17-14-18(2)22(19(3)15-17)30(28,29)24-21(16-20-8-6-5-7-9-20)23(27)26-12-10-25(4)11-13-26/h5-9,14-15,21,24H,10-13,16H2,1-4H3/t21-/m1/s1. The number of nitrogens with one attached hydrogen (secondary N) is 1. The molecule has 1 fully saturated rings. The van der Waals surface area contributed by atoms with Crippen LogP contribution in [0, 0.1) is 20.8 Å². The molecule has 2 aromatic carbocycles. The van der Waals surface area contributed by atoms with Crippen molar-refractivity contribution in [3.63, 3.8) is 0 Å². The van der Waals surface area contributed by atoms with E-state index in [0.717, 1.165) is 24.2 Å². The van der Waals surface area contributed by atoms with Crippen LogP contribution in [0.25, 0.3) is 0 Å². The van der Waals surface area contributed by atoms with Crippen LogP contribution in [0.15, 0.2) is 47.4 Å². The van der Waals surface area contributed by atoms with Crippen molar-refractivity contribution in [2.24, 2.45) is 0 Å². The zero-order valence-electron chi connectivity index (χ0n) is 18.2. The summed E-state index contributed by atoms with van der Waals surface area (Å²) in [6, 6.07) is 12.4. The van der Waals surface area contributed by atoms with E-state index >= 15 is 0 Å². The Morgan fingerprint density at radius 3 is 2.13 bits per heavy atom. The number of benzene rings is 2. The van der Waals surface area contributed by atoms with Crippen LogP contribution in [0.1, 0.15) is 22.3 Å². The summed E-state index contributed by atoms with van der Waals surface area (Å²) >= 11 is 0. The van der Waals surface area contributed by atoms with E-state index in [1.54, 1.807) is 18.7 Å². The Morgan fingerprint density at radius 1 is 1.00 bits per heavy atom. The van der Waals surface area contributed by atoms with Crippen LogP contribution in [0.5, 0.6) is 0 Å². The Labute approximate surface area is 179 Å². The molecular formula is C23H31N3O3S. The zero-order chi connectivity index (χ0) is 21.9. The van der Waals surface area contributed by atoms with Gasteiger partial charge in [-0.3, -0.25) is 4.79 Å². The molecule has 1 aliphatic rings. The molecule has 3 rings (SSSR count). The Bertz CT molecular complexity index is 975. The van der Waals surface area contributed by atoms with Gasteiger partial charge in [-0.05, 0) is 50.9 Å². The number of rotatable bonds is 6. The molecule has 7 heteroatoms. The second kappa shape index (κ2) is 9.29. The molecule has 0 aromatic heterocycles. The molecule has 162 valence electrons. The van der Waals surface area contributed by atoms with Crippen LogP contribution < -0.4 is 4.72 Å². The normalized spacial score (nSPS) is 16.5. The maximum absolute atomic E-state index is 13.3. The van der Waals surface area contributed by atoms with Crippen LogP contribution in [-0.4, -0.2) is 63.4 Å². The van der Waals surface area contributed by atoms with E-state index in [1.807, 2.05) is 56.4 Å². The summed E-state index contributed by atoms with van der Waals surface area (Å²) in [5.74, 6) is -0.169. The molecule has 1 atom stereocenters. The molecule has 0 saturated carbocycles. The van der Waals surface area contributed by atoms with Gasteiger partial charge in [0.1, 0.15) is 6.04 Å². The van der Waals surface area contributed by atoms with E-state index in [4.69, 9.17) is 0 Å². The number of carbonyl (C=O) groups is 1. The lowest BCUT2D eigenvalue weighted by atomic mass is 10.1. The van der Waals surface area contributed by atoms with Crippen LogP contribution in [0.4, 0.5) is 0 Å². The molecule has 30 heavy (non-hydrogen) atoms. The lowest BCUT2D eigenvalue weighted by Gasteiger charge is -2.35. The van der Waals surface area contributed by atoms with Crippen LogP contribution in [0.3, 0.4) is 0 Å². The first-order valence-electron chi connectivity index (χ1n) is 10.3. The molecule has 1 amide bonds. The smallest absolute Gasteiger partial charge is 0.241 e. The summed E-state index contributed by atoms with van der Waals surface area (Å²) in [4.78, 5) is 17.5. The van der Waals surface area contributed by atoms with Gasteiger partial charge >= 0.3 is 0 Å². The van der Waals surface area contributed by atoms with Crippen molar-refractivity contribution in [1.29, 1.82) is 0 Å². The minimum atomic E-state index is -3.86. The number of hydrogen-bond acceptors (Lipinski definition) is 4. The van der Waals surface area contributed by atoms with Crippen molar-refractivity contribution in [3.05, 3.63) is 64.7 Å². The fourth-order valence-corrected chi connectivity index (χ4v) is 5.76. The Morgan fingerprint density at radius 2 is 1.57 bits per heavy atom. The number of nitrogens with zero attached hydrogens (tertiary/aromatic N) is 2. The van der Waals surface area contributed by atoms with E-state index in [9.17, 15) is 13.2 Å². The molecule has 1 saturated heterocycles. The molecule has 2 aromatic rings. The van der Waals surface area contributed by atoms with Crippen molar-refractivity contribution in [1.82, 2.24) is 14.5 Å². The largest absolute Gasteiger partial charge is 0.339 e. The SMILES string of the molecule is Cc1cc(C)c(S(=O)(=O)N[C@H](Cc2ccccc2)C(=O)N2CCN(C)CC2)c(C)c1. The summed E-state index contributed by atoms with van der Waals surface area (Å²) < 4.78 is 29.4. The van der Waals surface area contributed by atoms with Gasteiger partial charge in [0.25, 0.3) is 0 Å². The van der Waals surface area contributed by atoms with Gasteiger partial charge in [-0.15, -0.1) is 0 Å². The Kier molecular flexibility index (Phi) is 6.95. The topological polar surface area (TPSA) is 69.7 Å². The predicted octanol–water partition coefficient (Wildman–Crippen LogP) is 2.28. The van der Waals surface area contributed by atoms with E-state index in [1.165, 1.54) is 0 Å². The maximum Gasteiger partial charge on any atom is 0.241 e. The number of piperazine rings is 1. The number of carbonyl (C=O) groups excluding carboxylic acids is 1. The summed E-state index contributed by atoms with van der Waals surface area (Å²) in [6.45, 7) is 8.31. The number of amides is 1. The predicted molar refractivity (Wildman–Crippen MR) is 119 cm³/mol. The molecular weight excluding hydrogens is 398 g/mol. The molecule has 0 aliphatic carbocycles. The summed E-state index contributed by atoms with van der Waals surface area (Å²) in [5.41, 5.74) is 3.30. The van der Waals surface area contributed by atoms with Gasteiger partial charge in [-0.2, -0.15) is 4.72 Å². The van der Waals surface area contributed by atoms with Crippen molar-refractivity contribution >= 4 is 15.9 Å². The highest BCUT2D eigenvalue weighted by Crippen LogP contribution is 2.22. The van der Waals surface area contributed by atoms with Crippen LogP contribution in [0.2, 0.25) is 0 Å². The van der Waals surface area contributed by atoms with E-state index in [2.05, 4.69) is 9.62 Å². The van der Waals surface area contributed by atoms with E-state index in [0.29, 0.717) is 30.6 Å². The monoisotopic (exact) mass is 429 g/mol. The molecule has 1 aliphatic heterocycles. The lowest BCUT2D eigenvalue weighted by Crippen LogP contribution is -2.55. The van der Waals surface area contributed by atoms with Crippen molar-refractivity contribution in [2.75, 3.05) is 33.2 Å². The number of aryl methyl sites for hydroxylation is 3. The molecule has 0 spiro atoms. The molecule has 0 bridgehead atoms. The van der Waals surface area contributed by atoms with Crippen LogP contribution >= 0.6 is 0 Å². The van der Waals surface area contributed by atoms with Gasteiger partial charge in [-0.1, -0.05) is 48.0 Å². The second-order valence-corrected chi connectivity index (χ2v) is 9.87. The van der Waals surface area contributed by atoms with Gasteiger partial charge in [0.05, 0.1) is 4.90 Å². The average Bonchev–Trinajstić information content (AvgIpc) is 2.67. The zero-order valence-corrected chi connectivity index (χ0v) is 19.0. The second-order valence-electron chi connectivity index (χ2n) is 8.22. The van der Waals surface area contributed by atoms with Gasteiger partial charge in [0, 0.05) is 26.2 Å². The third kappa shape index (κ3) is 5.28. The quantitative estimate of drug-likeness (QED) is 0.765. The Hall–Kier alpha value is -2.22. The highest BCUT2D eigenvalue weighted by molar-refractivity contribution is 7.89. The first-order chi connectivity index (χ1) is 14.2. The highest BCUT2D eigenvalue weighted by atomic mass is 32.2. The molecule has 0 radical (unpaired) electrons.